The summed E-state index contributed by atoms with van der Waals surface area (Å²) in [5.74, 6) is -0.0366. The number of nitrogens with one attached hydrogen (secondary N) is 1. The van der Waals surface area contributed by atoms with E-state index in [1.54, 1.807) is 0 Å². The molecule has 0 saturated heterocycles. The maximum atomic E-state index is 12.5. The second-order valence-corrected chi connectivity index (χ2v) is 13.4. The predicted octanol–water partition coefficient (Wildman–Crippen LogP) is 5.42. The van der Waals surface area contributed by atoms with Crippen LogP contribution in [0.5, 0.6) is 0 Å². The zero-order valence-corrected chi connectivity index (χ0v) is 16.5. The molecule has 4 heteroatoms. The summed E-state index contributed by atoms with van der Waals surface area (Å²) < 4.78 is 0.970. The minimum absolute atomic E-state index is 0.0366. The number of hydrogen-bond donors (Lipinski definition) is 1. The normalized spacial score (nSPS) is 11.3. The molecule has 2 nitrogen and oxygen atoms in total. The predicted molar refractivity (Wildman–Crippen MR) is 105 cm³/mol. The van der Waals surface area contributed by atoms with E-state index in [1.165, 1.54) is 11.6 Å². The lowest BCUT2D eigenvalue weighted by Crippen LogP contribution is -2.20. The third kappa shape index (κ3) is 4.95. The average molecular weight is 423 g/mol. The summed E-state index contributed by atoms with van der Waals surface area (Å²) >= 11 is 2.20. The number of carbonyl (C=O) groups is 1. The van der Waals surface area contributed by atoms with Crippen LogP contribution < -0.4 is 5.32 Å². The highest BCUT2D eigenvalue weighted by atomic mass is 127. The molecule has 116 valence electrons. The largest absolute Gasteiger partial charge is 0.322 e. The van der Waals surface area contributed by atoms with Crippen molar-refractivity contribution in [3.63, 3.8) is 0 Å². The number of benzene rings is 2. The first-order valence-electron chi connectivity index (χ1n) is 7.50. The monoisotopic (exact) mass is 423 g/mol. The maximum Gasteiger partial charge on any atom is 0.256 e. The summed E-state index contributed by atoms with van der Waals surface area (Å²) in [5.41, 5.74) is 2.89. The Morgan fingerprint density at radius 3 is 2.36 bits per heavy atom. The van der Waals surface area contributed by atoms with Crippen molar-refractivity contribution >= 4 is 42.3 Å². The molecule has 2 aromatic carbocycles. The molecule has 1 N–H and O–H groups in total. The van der Waals surface area contributed by atoms with Gasteiger partial charge in [-0.1, -0.05) is 56.0 Å². The number of aryl methyl sites for hydroxylation is 1. The molecule has 0 aliphatic carbocycles. The molecule has 0 spiro atoms. The van der Waals surface area contributed by atoms with Crippen molar-refractivity contribution in [1.82, 2.24) is 0 Å². The fraction of sp³-hybridized carbons (Fsp3) is 0.278. The summed E-state index contributed by atoms with van der Waals surface area (Å²) in [5, 5.41) is 3.08. The number of para-hydroxylation sites is 1. The minimum Gasteiger partial charge on any atom is -0.322 e. The van der Waals surface area contributed by atoms with Crippen LogP contribution in [0.2, 0.25) is 25.7 Å². The highest BCUT2D eigenvalue weighted by Gasteiger charge is 2.15. The number of halogens is 1. The van der Waals surface area contributed by atoms with Crippen molar-refractivity contribution < 1.29 is 4.79 Å². The molecule has 2 rings (SSSR count). The van der Waals surface area contributed by atoms with E-state index in [1.807, 2.05) is 42.5 Å². The Morgan fingerprint density at radius 2 is 1.68 bits per heavy atom. The molecule has 22 heavy (non-hydrogen) atoms. The Bertz CT molecular complexity index is 664. The zero-order chi connectivity index (χ0) is 16.2. The van der Waals surface area contributed by atoms with Crippen LogP contribution in [0.25, 0.3) is 0 Å². The Hall–Kier alpha value is -1.14. The third-order valence-electron chi connectivity index (χ3n) is 3.53. The fourth-order valence-corrected chi connectivity index (χ4v) is 3.86. The van der Waals surface area contributed by atoms with Gasteiger partial charge in [0.1, 0.15) is 0 Å². The van der Waals surface area contributed by atoms with Crippen molar-refractivity contribution in [1.29, 1.82) is 0 Å². The maximum absolute atomic E-state index is 12.5. The molecular weight excluding hydrogens is 401 g/mol. The SMILES string of the molecule is C[Si](C)(C)CCc1ccccc1NC(=O)c1ccccc1I. The lowest BCUT2D eigenvalue weighted by atomic mass is 10.1. The zero-order valence-electron chi connectivity index (χ0n) is 13.3. The summed E-state index contributed by atoms with van der Waals surface area (Å²) in [7, 11) is -1.09. The van der Waals surface area contributed by atoms with Crippen LogP contribution in [-0.4, -0.2) is 14.0 Å². The van der Waals surface area contributed by atoms with Crippen molar-refractivity contribution in [3.8, 4) is 0 Å². The molecule has 0 aliphatic rings. The van der Waals surface area contributed by atoms with Gasteiger partial charge in [0, 0.05) is 17.3 Å². The Kier molecular flexibility index (Phi) is 5.80. The number of rotatable bonds is 5. The third-order valence-corrected chi connectivity index (χ3v) is 6.22. The highest BCUT2D eigenvalue weighted by Crippen LogP contribution is 2.22. The van der Waals surface area contributed by atoms with E-state index >= 15 is 0 Å². The number of anilines is 1. The van der Waals surface area contributed by atoms with Gasteiger partial charge in [-0.2, -0.15) is 0 Å². The Morgan fingerprint density at radius 1 is 1.05 bits per heavy atom. The first-order valence-corrected chi connectivity index (χ1v) is 12.3. The van der Waals surface area contributed by atoms with Gasteiger partial charge in [0.2, 0.25) is 0 Å². The number of carbonyl (C=O) groups excluding carboxylic acids is 1. The van der Waals surface area contributed by atoms with Gasteiger partial charge in [0.25, 0.3) is 5.91 Å². The van der Waals surface area contributed by atoms with E-state index in [0.29, 0.717) is 0 Å². The molecule has 0 atom stereocenters. The number of hydrogen-bond acceptors (Lipinski definition) is 1. The lowest BCUT2D eigenvalue weighted by Gasteiger charge is -2.17. The Balaban J connectivity index is 2.16. The van der Waals surface area contributed by atoms with Crippen molar-refractivity contribution in [2.24, 2.45) is 0 Å². The second kappa shape index (κ2) is 7.42. The highest BCUT2D eigenvalue weighted by molar-refractivity contribution is 14.1. The smallest absolute Gasteiger partial charge is 0.256 e. The van der Waals surface area contributed by atoms with Gasteiger partial charge in [0.15, 0.2) is 0 Å². The second-order valence-electron chi connectivity index (χ2n) is 6.65. The van der Waals surface area contributed by atoms with Gasteiger partial charge in [-0.15, -0.1) is 0 Å². The molecule has 0 aliphatic heterocycles. The molecular formula is C18H22INOSi. The first kappa shape index (κ1) is 17.2. The van der Waals surface area contributed by atoms with Crippen LogP contribution in [0.3, 0.4) is 0 Å². The van der Waals surface area contributed by atoms with Crippen LogP contribution in [-0.2, 0) is 6.42 Å². The van der Waals surface area contributed by atoms with E-state index in [2.05, 4.69) is 53.6 Å². The van der Waals surface area contributed by atoms with E-state index in [-0.39, 0.29) is 5.91 Å². The van der Waals surface area contributed by atoms with Crippen LogP contribution in [0.4, 0.5) is 5.69 Å². The van der Waals surface area contributed by atoms with E-state index in [4.69, 9.17) is 0 Å². The Labute approximate surface area is 147 Å². The molecule has 2 aromatic rings. The molecule has 0 radical (unpaired) electrons. The molecule has 0 saturated carbocycles. The summed E-state index contributed by atoms with van der Waals surface area (Å²) in [6, 6.07) is 17.0. The van der Waals surface area contributed by atoms with Crippen molar-refractivity contribution in [3.05, 3.63) is 63.2 Å². The van der Waals surface area contributed by atoms with Crippen LogP contribution in [0.1, 0.15) is 15.9 Å². The summed E-state index contributed by atoms with van der Waals surface area (Å²) in [6.45, 7) is 7.13. The number of amides is 1. The van der Waals surface area contributed by atoms with Crippen LogP contribution in [0.15, 0.2) is 48.5 Å². The quantitative estimate of drug-likeness (QED) is 0.505. The molecule has 0 fully saturated rings. The van der Waals surface area contributed by atoms with Gasteiger partial charge in [0.05, 0.1) is 5.56 Å². The topological polar surface area (TPSA) is 29.1 Å². The summed E-state index contributed by atoms with van der Waals surface area (Å²) in [6.07, 6.45) is 1.03. The van der Waals surface area contributed by atoms with Gasteiger partial charge >= 0.3 is 0 Å². The molecule has 0 aromatic heterocycles. The average Bonchev–Trinajstić information content (AvgIpc) is 2.46. The van der Waals surface area contributed by atoms with Crippen molar-refractivity contribution in [2.75, 3.05) is 5.32 Å². The first-order chi connectivity index (χ1) is 10.4. The van der Waals surface area contributed by atoms with Gasteiger partial charge < -0.3 is 5.32 Å². The van der Waals surface area contributed by atoms with Gasteiger partial charge in [-0.25, -0.2) is 0 Å². The molecule has 0 bridgehead atoms. The molecule has 1 amide bonds. The lowest BCUT2D eigenvalue weighted by molar-refractivity contribution is 0.102. The van der Waals surface area contributed by atoms with Crippen LogP contribution >= 0.6 is 22.6 Å². The van der Waals surface area contributed by atoms with E-state index in [9.17, 15) is 4.79 Å². The minimum atomic E-state index is -1.09. The summed E-state index contributed by atoms with van der Waals surface area (Å²) in [4.78, 5) is 12.5. The van der Waals surface area contributed by atoms with E-state index in [0.717, 1.165) is 21.2 Å². The van der Waals surface area contributed by atoms with Crippen molar-refractivity contribution in [2.45, 2.75) is 32.1 Å². The standard InChI is InChI=1S/C18H22INOSi/c1-22(2,3)13-12-14-8-4-7-11-17(14)20-18(21)15-9-5-6-10-16(15)19/h4-11H,12-13H2,1-3H3,(H,20,21). The molecule has 0 heterocycles. The van der Waals surface area contributed by atoms with E-state index < -0.39 is 8.07 Å². The van der Waals surface area contributed by atoms with Gasteiger partial charge in [-0.05, 0) is 52.8 Å². The van der Waals surface area contributed by atoms with Crippen LogP contribution in [0, 0.1) is 3.57 Å². The van der Waals surface area contributed by atoms with Gasteiger partial charge in [-0.3, -0.25) is 4.79 Å². The fourth-order valence-electron chi connectivity index (χ4n) is 2.20. The molecule has 0 unspecified atom stereocenters.